The minimum atomic E-state index is -0.379. The molecule has 0 atom stereocenters. The van der Waals surface area contributed by atoms with Crippen molar-refractivity contribution in [3.63, 3.8) is 0 Å². The molecule has 0 heterocycles. The number of para-hydroxylation sites is 1. The number of aliphatic imine (C=N–C) groups is 1. The van der Waals surface area contributed by atoms with Crippen LogP contribution in [0.1, 0.15) is 11.1 Å². The van der Waals surface area contributed by atoms with E-state index in [2.05, 4.69) is 27.6 Å². The molecule has 4 heteroatoms. The molecule has 2 nitrogen and oxygen atoms in total. The zero-order valence-corrected chi connectivity index (χ0v) is 11.8. The second-order valence-corrected chi connectivity index (χ2v) is 5.12. The van der Waals surface area contributed by atoms with E-state index in [1.165, 1.54) is 12.3 Å². The fraction of sp³-hybridized carbons (Fsp3) is 0.0714. The summed E-state index contributed by atoms with van der Waals surface area (Å²) in [7, 11) is 0. The van der Waals surface area contributed by atoms with E-state index in [-0.39, 0.29) is 17.3 Å². The molecule has 0 saturated carbocycles. The van der Waals surface area contributed by atoms with Gasteiger partial charge in [0, 0.05) is 15.3 Å². The van der Waals surface area contributed by atoms with Crippen molar-refractivity contribution in [3.05, 3.63) is 56.9 Å². The fourth-order valence-electron chi connectivity index (χ4n) is 1.56. The summed E-state index contributed by atoms with van der Waals surface area (Å²) in [5, 5.41) is 9.88. The Balaban J connectivity index is 2.38. The van der Waals surface area contributed by atoms with Gasteiger partial charge in [0.25, 0.3) is 0 Å². The van der Waals surface area contributed by atoms with Crippen molar-refractivity contribution in [2.24, 2.45) is 4.99 Å². The molecule has 0 unspecified atom stereocenters. The van der Waals surface area contributed by atoms with E-state index >= 15 is 0 Å². The molecule has 0 bridgehead atoms. The molecular formula is C14H11FINO. The summed E-state index contributed by atoms with van der Waals surface area (Å²) in [4.78, 5) is 4.06. The Kier molecular flexibility index (Phi) is 3.96. The first-order valence-corrected chi connectivity index (χ1v) is 6.43. The predicted octanol–water partition coefficient (Wildman–Crippen LogP) is 4.19. The van der Waals surface area contributed by atoms with Crippen molar-refractivity contribution in [1.29, 1.82) is 0 Å². The van der Waals surface area contributed by atoms with E-state index in [1.54, 1.807) is 24.3 Å². The van der Waals surface area contributed by atoms with Crippen molar-refractivity contribution in [3.8, 4) is 5.75 Å². The van der Waals surface area contributed by atoms with Crippen LogP contribution in [0.25, 0.3) is 0 Å². The van der Waals surface area contributed by atoms with E-state index in [9.17, 15) is 9.50 Å². The lowest BCUT2D eigenvalue weighted by Crippen LogP contribution is -1.88. The van der Waals surface area contributed by atoms with Gasteiger partial charge in [-0.2, -0.15) is 0 Å². The van der Waals surface area contributed by atoms with Crippen LogP contribution >= 0.6 is 22.6 Å². The minimum Gasteiger partial charge on any atom is -0.507 e. The molecule has 2 aromatic rings. The van der Waals surface area contributed by atoms with Crippen molar-refractivity contribution >= 4 is 34.5 Å². The largest absolute Gasteiger partial charge is 0.507 e. The van der Waals surface area contributed by atoms with Crippen molar-refractivity contribution in [2.45, 2.75) is 6.92 Å². The molecule has 0 aliphatic rings. The van der Waals surface area contributed by atoms with Crippen molar-refractivity contribution in [2.75, 3.05) is 0 Å². The molecule has 0 aromatic heterocycles. The van der Waals surface area contributed by atoms with Crippen LogP contribution < -0.4 is 0 Å². The number of hydrogen-bond donors (Lipinski definition) is 1. The molecule has 1 N–H and O–H groups in total. The molecule has 0 amide bonds. The summed E-state index contributed by atoms with van der Waals surface area (Å²) < 4.78 is 14.4. The number of phenols is 1. The molecule has 0 saturated heterocycles. The van der Waals surface area contributed by atoms with E-state index in [4.69, 9.17) is 0 Å². The number of nitrogens with zero attached hydrogens (tertiary/aromatic N) is 1. The summed E-state index contributed by atoms with van der Waals surface area (Å²) in [6.07, 6.45) is 1.48. The van der Waals surface area contributed by atoms with Gasteiger partial charge in [0.2, 0.25) is 0 Å². The highest BCUT2D eigenvalue weighted by Gasteiger charge is 2.04. The molecule has 0 aliphatic carbocycles. The first kappa shape index (κ1) is 13.0. The zero-order valence-electron chi connectivity index (χ0n) is 9.69. The number of halogens is 2. The molecule has 0 radical (unpaired) electrons. The van der Waals surface area contributed by atoms with Crippen molar-refractivity contribution < 1.29 is 9.50 Å². The highest BCUT2D eigenvalue weighted by atomic mass is 127. The predicted molar refractivity (Wildman–Crippen MR) is 79.2 cm³/mol. The van der Waals surface area contributed by atoms with Crippen LogP contribution in [0, 0.1) is 16.3 Å². The van der Waals surface area contributed by atoms with Gasteiger partial charge in [-0.3, -0.25) is 4.99 Å². The SMILES string of the molecule is Cc1cc(I)cc(/C=N/c2ccccc2F)c1O. The normalized spacial score (nSPS) is 11.1. The van der Waals surface area contributed by atoms with Crippen molar-refractivity contribution in [1.82, 2.24) is 0 Å². The van der Waals surface area contributed by atoms with Gasteiger partial charge in [-0.05, 0) is 59.3 Å². The Hall–Kier alpha value is -1.43. The first-order chi connectivity index (χ1) is 8.58. The van der Waals surface area contributed by atoms with Crippen LogP contribution in [0.5, 0.6) is 5.75 Å². The van der Waals surface area contributed by atoms with Crippen LogP contribution in [0.3, 0.4) is 0 Å². The summed E-state index contributed by atoms with van der Waals surface area (Å²) in [5.41, 5.74) is 1.62. The van der Waals surface area contributed by atoms with E-state index < -0.39 is 0 Å². The number of rotatable bonds is 2. The average molecular weight is 355 g/mol. The second-order valence-electron chi connectivity index (χ2n) is 3.87. The molecule has 2 rings (SSSR count). The molecular weight excluding hydrogens is 344 g/mol. The fourth-order valence-corrected chi connectivity index (χ4v) is 2.36. The lowest BCUT2D eigenvalue weighted by atomic mass is 10.1. The van der Waals surface area contributed by atoms with Gasteiger partial charge < -0.3 is 5.11 Å². The van der Waals surface area contributed by atoms with Gasteiger partial charge in [-0.1, -0.05) is 12.1 Å². The Bertz CT molecular complexity index is 611. The van der Waals surface area contributed by atoms with E-state index in [0.29, 0.717) is 5.56 Å². The third kappa shape index (κ3) is 2.87. The number of aryl methyl sites for hydroxylation is 1. The summed E-state index contributed by atoms with van der Waals surface area (Å²) in [6.45, 7) is 1.82. The van der Waals surface area contributed by atoms with Crippen LogP contribution in [-0.2, 0) is 0 Å². The standard InChI is InChI=1S/C14H11FINO/c1-9-6-11(16)7-10(14(9)18)8-17-13-5-3-2-4-12(13)15/h2-8,18H,1H3/b17-8+. The van der Waals surface area contributed by atoms with Crippen LogP contribution in [0.2, 0.25) is 0 Å². The Labute approximate surface area is 118 Å². The van der Waals surface area contributed by atoms with Crippen LogP contribution in [0.15, 0.2) is 41.4 Å². The van der Waals surface area contributed by atoms with Gasteiger partial charge in [-0.25, -0.2) is 4.39 Å². The Morgan fingerprint density at radius 3 is 2.72 bits per heavy atom. The highest BCUT2D eigenvalue weighted by Crippen LogP contribution is 2.24. The van der Waals surface area contributed by atoms with E-state index in [1.807, 2.05) is 13.0 Å². The summed E-state index contributed by atoms with van der Waals surface area (Å²) in [6, 6.07) is 9.94. The minimum absolute atomic E-state index is 0.176. The maximum absolute atomic E-state index is 13.4. The lowest BCUT2D eigenvalue weighted by molar-refractivity contribution is 0.470. The topological polar surface area (TPSA) is 32.6 Å². The van der Waals surface area contributed by atoms with Gasteiger partial charge >= 0.3 is 0 Å². The molecule has 2 aromatic carbocycles. The molecule has 0 aliphatic heterocycles. The number of hydrogen-bond acceptors (Lipinski definition) is 2. The third-order valence-corrected chi connectivity index (χ3v) is 3.11. The number of benzene rings is 2. The Morgan fingerprint density at radius 2 is 2.00 bits per heavy atom. The number of phenolic OH excluding ortho intramolecular Hbond substituents is 1. The molecule has 92 valence electrons. The van der Waals surface area contributed by atoms with Gasteiger partial charge in [0.1, 0.15) is 11.6 Å². The number of aromatic hydroxyl groups is 1. The van der Waals surface area contributed by atoms with E-state index in [0.717, 1.165) is 9.13 Å². The lowest BCUT2D eigenvalue weighted by Gasteiger charge is -2.04. The van der Waals surface area contributed by atoms with Crippen LogP contribution in [-0.4, -0.2) is 11.3 Å². The highest BCUT2D eigenvalue weighted by molar-refractivity contribution is 14.1. The monoisotopic (exact) mass is 355 g/mol. The quantitative estimate of drug-likeness (QED) is 0.636. The first-order valence-electron chi connectivity index (χ1n) is 5.35. The maximum Gasteiger partial charge on any atom is 0.148 e. The maximum atomic E-state index is 13.4. The van der Waals surface area contributed by atoms with Crippen LogP contribution in [0.4, 0.5) is 10.1 Å². The molecule has 0 fully saturated rings. The second kappa shape index (κ2) is 5.48. The zero-order chi connectivity index (χ0) is 13.1. The van der Waals surface area contributed by atoms with Gasteiger partial charge in [-0.15, -0.1) is 0 Å². The molecule has 18 heavy (non-hydrogen) atoms. The average Bonchev–Trinajstić information content (AvgIpc) is 2.33. The third-order valence-electron chi connectivity index (χ3n) is 2.49. The smallest absolute Gasteiger partial charge is 0.148 e. The summed E-state index contributed by atoms with van der Waals surface area (Å²) >= 11 is 2.16. The summed E-state index contributed by atoms with van der Waals surface area (Å²) in [5.74, 6) is -0.203. The van der Waals surface area contributed by atoms with Gasteiger partial charge in [0.05, 0.1) is 5.69 Å². The Morgan fingerprint density at radius 1 is 1.28 bits per heavy atom. The molecule has 0 spiro atoms. The van der Waals surface area contributed by atoms with Gasteiger partial charge in [0.15, 0.2) is 0 Å².